The predicted molar refractivity (Wildman–Crippen MR) is 54.7 cm³/mol. The van der Waals surface area contributed by atoms with Crippen molar-refractivity contribution < 1.29 is 5.11 Å². The van der Waals surface area contributed by atoms with Crippen LogP contribution in [-0.4, -0.2) is 11.2 Å². The lowest BCUT2D eigenvalue weighted by Crippen LogP contribution is -2.25. The molecule has 1 aromatic carbocycles. The lowest BCUT2D eigenvalue weighted by atomic mass is 10.0. The molecule has 0 bridgehead atoms. The topological polar surface area (TPSA) is 46.2 Å². The second-order valence-corrected chi connectivity index (χ2v) is 3.49. The van der Waals surface area contributed by atoms with E-state index >= 15 is 0 Å². The molecule has 0 aliphatic heterocycles. The van der Waals surface area contributed by atoms with E-state index < -0.39 is 6.10 Å². The molecule has 3 N–H and O–H groups in total. The molecule has 0 fully saturated rings. The first-order valence-electron chi connectivity index (χ1n) is 4.34. The summed E-state index contributed by atoms with van der Waals surface area (Å²) < 4.78 is 0. The zero-order chi connectivity index (χ0) is 9.84. The van der Waals surface area contributed by atoms with Crippen molar-refractivity contribution in [2.75, 3.05) is 0 Å². The first-order chi connectivity index (χ1) is 6.15. The minimum Gasteiger partial charge on any atom is -0.391 e. The fourth-order valence-electron chi connectivity index (χ4n) is 1.19. The number of aliphatic hydroxyl groups excluding tert-OH is 1. The van der Waals surface area contributed by atoms with Crippen LogP contribution >= 0.6 is 11.6 Å². The molecular weight excluding hydrogens is 186 g/mol. The summed E-state index contributed by atoms with van der Waals surface area (Å²) in [4.78, 5) is 0. The van der Waals surface area contributed by atoms with Gasteiger partial charge in [0.05, 0.1) is 12.1 Å². The van der Waals surface area contributed by atoms with Crippen LogP contribution in [0.3, 0.4) is 0 Å². The molecule has 2 atom stereocenters. The number of rotatable bonds is 3. The van der Waals surface area contributed by atoms with Crippen LogP contribution in [0.1, 0.15) is 24.9 Å². The van der Waals surface area contributed by atoms with Crippen molar-refractivity contribution in [1.29, 1.82) is 0 Å². The van der Waals surface area contributed by atoms with Gasteiger partial charge < -0.3 is 10.8 Å². The highest BCUT2D eigenvalue weighted by molar-refractivity contribution is 6.30. The summed E-state index contributed by atoms with van der Waals surface area (Å²) in [5.41, 5.74) is 6.69. The van der Waals surface area contributed by atoms with E-state index in [4.69, 9.17) is 17.3 Å². The molecule has 0 amide bonds. The van der Waals surface area contributed by atoms with Crippen molar-refractivity contribution in [2.45, 2.75) is 25.5 Å². The molecule has 0 saturated carbocycles. The molecule has 0 aliphatic carbocycles. The highest BCUT2D eigenvalue weighted by Gasteiger charge is 2.14. The fraction of sp³-hybridized carbons (Fsp3) is 0.400. The summed E-state index contributed by atoms with van der Waals surface area (Å²) >= 11 is 5.80. The maximum atomic E-state index is 9.50. The van der Waals surface area contributed by atoms with Gasteiger partial charge in [-0.3, -0.25) is 0 Å². The van der Waals surface area contributed by atoms with Gasteiger partial charge in [-0.2, -0.15) is 0 Å². The van der Waals surface area contributed by atoms with Crippen molar-refractivity contribution in [3.8, 4) is 0 Å². The van der Waals surface area contributed by atoms with Crippen molar-refractivity contribution in [3.05, 3.63) is 34.9 Å². The SMILES string of the molecule is CC[C@@H](O)[C@@H](N)c1cccc(Cl)c1. The number of nitrogens with two attached hydrogens (primary N) is 1. The lowest BCUT2D eigenvalue weighted by Gasteiger charge is -2.17. The molecule has 0 spiro atoms. The van der Waals surface area contributed by atoms with E-state index in [1.807, 2.05) is 19.1 Å². The lowest BCUT2D eigenvalue weighted by molar-refractivity contribution is 0.141. The average molecular weight is 200 g/mol. The third kappa shape index (κ3) is 2.69. The zero-order valence-corrected chi connectivity index (χ0v) is 8.33. The fourth-order valence-corrected chi connectivity index (χ4v) is 1.39. The number of benzene rings is 1. The molecule has 0 aliphatic rings. The van der Waals surface area contributed by atoms with Gasteiger partial charge in [-0.05, 0) is 24.1 Å². The summed E-state index contributed by atoms with van der Waals surface area (Å²) in [5.74, 6) is 0. The molecule has 0 saturated heterocycles. The molecule has 0 unspecified atom stereocenters. The maximum Gasteiger partial charge on any atom is 0.0730 e. The first kappa shape index (κ1) is 10.5. The molecule has 1 rings (SSSR count). The maximum absolute atomic E-state index is 9.50. The van der Waals surface area contributed by atoms with Crippen LogP contribution in [0.25, 0.3) is 0 Å². The molecule has 0 radical (unpaired) electrons. The molecular formula is C10H14ClNO. The van der Waals surface area contributed by atoms with Crippen molar-refractivity contribution in [3.63, 3.8) is 0 Å². The Morgan fingerprint density at radius 1 is 1.54 bits per heavy atom. The van der Waals surface area contributed by atoms with Crippen LogP contribution in [0.15, 0.2) is 24.3 Å². The molecule has 0 aromatic heterocycles. The second-order valence-electron chi connectivity index (χ2n) is 3.06. The van der Waals surface area contributed by atoms with E-state index in [0.29, 0.717) is 11.4 Å². The Balaban J connectivity index is 2.82. The van der Waals surface area contributed by atoms with Crippen molar-refractivity contribution in [2.24, 2.45) is 5.73 Å². The second kappa shape index (κ2) is 4.61. The van der Waals surface area contributed by atoms with Gasteiger partial charge in [0.15, 0.2) is 0 Å². The van der Waals surface area contributed by atoms with Crippen molar-refractivity contribution in [1.82, 2.24) is 0 Å². The summed E-state index contributed by atoms with van der Waals surface area (Å²) in [5, 5.41) is 10.2. The van der Waals surface area contributed by atoms with E-state index in [0.717, 1.165) is 5.56 Å². The first-order valence-corrected chi connectivity index (χ1v) is 4.72. The molecule has 1 aromatic rings. The van der Waals surface area contributed by atoms with Gasteiger partial charge in [0.1, 0.15) is 0 Å². The zero-order valence-electron chi connectivity index (χ0n) is 7.57. The van der Waals surface area contributed by atoms with E-state index in [1.165, 1.54) is 0 Å². The summed E-state index contributed by atoms with van der Waals surface area (Å²) in [6, 6.07) is 6.93. The summed E-state index contributed by atoms with van der Waals surface area (Å²) in [6.45, 7) is 1.90. The van der Waals surface area contributed by atoms with Crippen molar-refractivity contribution >= 4 is 11.6 Å². The average Bonchev–Trinajstić information content (AvgIpc) is 2.15. The van der Waals surface area contributed by atoms with Gasteiger partial charge in [-0.1, -0.05) is 30.7 Å². The Morgan fingerprint density at radius 2 is 2.23 bits per heavy atom. The smallest absolute Gasteiger partial charge is 0.0730 e. The number of halogens is 1. The van der Waals surface area contributed by atoms with Crippen LogP contribution in [-0.2, 0) is 0 Å². The normalized spacial score (nSPS) is 15.4. The van der Waals surface area contributed by atoms with Crippen LogP contribution < -0.4 is 5.73 Å². The van der Waals surface area contributed by atoms with Crippen LogP contribution in [0.4, 0.5) is 0 Å². The molecule has 72 valence electrons. The van der Waals surface area contributed by atoms with Crippen LogP contribution in [0.2, 0.25) is 5.02 Å². The quantitative estimate of drug-likeness (QED) is 0.784. The summed E-state index contributed by atoms with van der Waals surface area (Å²) in [6.07, 6.45) is 0.145. The standard InChI is InChI=1S/C10H14ClNO/c1-2-9(13)10(12)7-4-3-5-8(11)6-7/h3-6,9-10,13H,2,12H2,1H3/t9-,10+/m1/s1. The molecule has 0 heterocycles. The highest BCUT2D eigenvalue weighted by atomic mass is 35.5. The third-order valence-electron chi connectivity index (χ3n) is 2.07. The number of aliphatic hydroxyl groups is 1. The van der Waals surface area contributed by atoms with Crippen LogP contribution in [0, 0.1) is 0 Å². The van der Waals surface area contributed by atoms with Gasteiger partial charge in [-0.25, -0.2) is 0 Å². The minimum atomic E-state index is -0.501. The highest BCUT2D eigenvalue weighted by Crippen LogP contribution is 2.19. The van der Waals surface area contributed by atoms with Gasteiger partial charge in [0.25, 0.3) is 0 Å². The summed E-state index contributed by atoms with van der Waals surface area (Å²) in [7, 11) is 0. The number of hydrogen-bond acceptors (Lipinski definition) is 2. The van der Waals surface area contributed by atoms with E-state index in [-0.39, 0.29) is 6.04 Å². The third-order valence-corrected chi connectivity index (χ3v) is 2.30. The Bertz CT molecular complexity index is 277. The predicted octanol–water partition coefficient (Wildman–Crippen LogP) is 2.11. The molecule has 13 heavy (non-hydrogen) atoms. The Labute approximate surface area is 83.3 Å². The molecule has 3 heteroatoms. The van der Waals surface area contributed by atoms with Gasteiger partial charge >= 0.3 is 0 Å². The Morgan fingerprint density at radius 3 is 2.77 bits per heavy atom. The minimum absolute atomic E-state index is 0.344. The van der Waals surface area contributed by atoms with E-state index in [2.05, 4.69) is 0 Å². The van der Waals surface area contributed by atoms with Crippen LogP contribution in [0.5, 0.6) is 0 Å². The molecule has 2 nitrogen and oxygen atoms in total. The Kier molecular flexibility index (Phi) is 3.72. The van der Waals surface area contributed by atoms with E-state index in [9.17, 15) is 5.11 Å². The van der Waals surface area contributed by atoms with Gasteiger partial charge in [0, 0.05) is 5.02 Å². The Hall–Kier alpha value is -0.570. The van der Waals surface area contributed by atoms with E-state index in [1.54, 1.807) is 12.1 Å². The van der Waals surface area contributed by atoms with Gasteiger partial charge in [0.2, 0.25) is 0 Å². The monoisotopic (exact) mass is 199 g/mol. The van der Waals surface area contributed by atoms with Gasteiger partial charge in [-0.15, -0.1) is 0 Å². The largest absolute Gasteiger partial charge is 0.391 e. The number of hydrogen-bond donors (Lipinski definition) is 2.